The van der Waals surface area contributed by atoms with Gasteiger partial charge in [0.05, 0.1) is 11.9 Å². The van der Waals surface area contributed by atoms with E-state index in [1.807, 2.05) is 14.1 Å². The molecule has 0 bridgehead atoms. The van der Waals surface area contributed by atoms with Gasteiger partial charge in [-0.05, 0) is 45.0 Å². The Bertz CT molecular complexity index is 834. The topological polar surface area (TPSA) is 50.2 Å². The SMILES string of the molecule is CN(C)C(CNc1cnn(-c2ccc(F)cc2F)c(=O)c1Cl)C1CC1. The van der Waals surface area contributed by atoms with Crippen molar-refractivity contribution in [2.75, 3.05) is 26.0 Å². The molecule has 1 heterocycles. The number of halogens is 3. The summed E-state index contributed by atoms with van der Waals surface area (Å²) < 4.78 is 27.7. The molecule has 1 aromatic heterocycles. The lowest BCUT2D eigenvalue weighted by atomic mass is 10.1. The number of hydrogen-bond acceptors (Lipinski definition) is 4. The highest BCUT2D eigenvalue weighted by Gasteiger charge is 2.32. The summed E-state index contributed by atoms with van der Waals surface area (Å²) in [7, 11) is 4.03. The second kappa shape index (κ2) is 7.09. The van der Waals surface area contributed by atoms with E-state index in [0.29, 0.717) is 30.3 Å². The van der Waals surface area contributed by atoms with Crippen LogP contribution >= 0.6 is 11.6 Å². The maximum Gasteiger partial charge on any atom is 0.292 e. The maximum absolute atomic E-state index is 13.9. The second-order valence-electron chi connectivity index (χ2n) is 6.43. The molecule has 1 unspecified atom stereocenters. The van der Waals surface area contributed by atoms with Gasteiger partial charge in [0, 0.05) is 18.7 Å². The number of aromatic nitrogens is 2. The lowest BCUT2D eigenvalue weighted by Gasteiger charge is -2.25. The van der Waals surface area contributed by atoms with E-state index in [0.717, 1.165) is 16.8 Å². The summed E-state index contributed by atoms with van der Waals surface area (Å²) >= 11 is 6.14. The van der Waals surface area contributed by atoms with Gasteiger partial charge in [0.2, 0.25) is 0 Å². The summed E-state index contributed by atoms with van der Waals surface area (Å²) in [4.78, 5) is 14.5. The molecule has 1 aromatic carbocycles. The Morgan fingerprint density at radius 1 is 1.40 bits per heavy atom. The van der Waals surface area contributed by atoms with E-state index in [-0.39, 0.29) is 10.7 Å². The molecule has 0 aliphatic heterocycles. The number of nitrogens with one attached hydrogen (secondary N) is 1. The lowest BCUT2D eigenvalue weighted by molar-refractivity contribution is 0.276. The van der Waals surface area contributed by atoms with Gasteiger partial charge in [-0.15, -0.1) is 0 Å². The number of rotatable bonds is 6. The molecule has 134 valence electrons. The molecule has 0 saturated heterocycles. The van der Waals surface area contributed by atoms with Gasteiger partial charge in [0.15, 0.2) is 5.82 Å². The van der Waals surface area contributed by atoms with Gasteiger partial charge in [0.25, 0.3) is 5.56 Å². The van der Waals surface area contributed by atoms with Crippen LogP contribution in [0.5, 0.6) is 0 Å². The van der Waals surface area contributed by atoms with E-state index in [2.05, 4.69) is 15.3 Å². The monoisotopic (exact) mass is 368 g/mol. The van der Waals surface area contributed by atoms with Crippen LogP contribution in [-0.4, -0.2) is 41.4 Å². The normalized spacial score (nSPS) is 15.4. The minimum atomic E-state index is -0.882. The molecule has 2 aromatic rings. The molecule has 1 N–H and O–H groups in total. The quantitative estimate of drug-likeness (QED) is 0.851. The summed E-state index contributed by atoms with van der Waals surface area (Å²) in [5.41, 5.74) is -0.410. The van der Waals surface area contributed by atoms with E-state index in [1.165, 1.54) is 19.0 Å². The number of nitrogens with zero attached hydrogens (tertiary/aromatic N) is 3. The molecule has 1 fully saturated rings. The fourth-order valence-corrected chi connectivity index (χ4v) is 3.04. The van der Waals surface area contributed by atoms with Crippen LogP contribution in [0, 0.1) is 17.6 Å². The minimum Gasteiger partial charge on any atom is -0.381 e. The van der Waals surface area contributed by atoms with Gasteiger partial charge in [-0.2, -0.15) is 9.78 Å². The Morgan fingerprint density at radius 2 is 2.12 bits per heavy atom. The third-order valence-electron chi connectivity index (χ3n) is 4.39. The van der Waals surface area contributed by atoms with E-state index >= 15 is 0 Å². The zero-order valence-electron chi connectivity index (χ0n) is 14.0. The first kappa shape index (κ1) is 17.8. The Balaban J connectivity index is 1.84. The van der Waals surface area contributed by atoms with Crippen molar-refractivity contribution in [3.63, 3.8) is 0 Å². The predicted octanol–water partition coefficient (Wildman–Crippen LogP) is 2.92. The van der Waals surface area contributed by atoms with Crippen LogP contribution in [-0.2, 0) is 0 Å². The summed E-state index contributed by atoms with van der Waals surface area (Å²) in [6.07, 6.45) is 3.77. The fraction of sp³-hybridized carbons (Fsp3) is 0.412. The minimum absolute atomic E-state index is 0.0768. The average molecular weight is 369 g/mol. The van der Waals surface area contributed by atoms with Gasteiger partial charge < -0.3 is 10.2 Å². The third kappa shape index (κ3) is 3.82. The zero-order chi connectivity index (χ0) is 18.1. The second-order valence-corrected chi connectivity index (χ2v) is 6.81. The van der Waals surface area contributed by atoms with Gasteiger partial charge in [-0.3, -0.25) is 4.79 Å². The number of likely N-dealkylation sites (N-methyl/N-ethyl adjacent to an activating group) is 1. The van der Waals surface area contributed by atoms with Crippen LogP contribution in [0.4, 0.5) is 14.5 Å². The van der Waals surface area contributed by atoms with Crippen molar-refractivity contribution in [2.24, 2.45) is 5.92 Å². The third-order valence-corrected chi connectivity index (χ3v) is 4.75. The van der Waals surface area contributed by atoms with Crippen molar-refractivity contribution in [2.45, 2.75) is 18.9 Å². The van der Waals surface area contributed by atoms with E-state index in [1.54, 1.807) is 0 Å². The largest absolute Gasteiger partial charge is 0.381 e. The molecule has 1 aliphatic carbocycles. The predicted molar refractivity (Wildman–Crippen MR) is 93.4 cm³/mol. The van der Waals surface area contributed by atoms with Crippen LogP contribution in [0.3, 0.4) is 0 Å². The molecular weight excluding hydrogens is 350 g/mol. The molecule has 0 radical (unpaired) electrons. The smallest absolute Gasteiger partial charge is 0.292 e. The van der Waals surface area contributed by atoms with Crippen molar-refractivity contribution in [1.29, 1.82) is 0 Å². The molecule has 1 atom stereocenters. The zero-order valence-corrected chi connectivity index (χ0v) is 14.7. The molecular formula is C17H19ClF2N4O. The summed E-state index contributed by atoms with van der Waals surface area (Å²) in [6.45, 7) is 0.632. The molecule has 3 rings (SSSR count). The highest BCUT2D eigenvalue weighted by atomic mass is 35.5. The van der Waals surface area contributed by atoms with Crippen molar-refractivity contribution in [1.82, 2.24) is 14.7 Å². The number of anilines is 1. The van der Waals surface area contributed by atoms with Gasteiger partial charge in [0.1, 0.15) is 16.5 Å². The molecule has 1 aliphatic rings. The van der Waals surface area contributed by atoms with Crippen LogP contribution in [0.1, 0.15) is 12.8 Å². The van der Waals surface area contributed by atoms with Gasteiger partial charge >= 0.3 is 0 Å². The van der Waals surface area contributed by atoms with E-state index < -0.39 is 17.2 Å². The Hall–Kier alpha value is -1.99. The standard InChI is InChI=1S/C17H19ClF2N4O/c1-23(2)15(10-3-4-10)9-21-13-8-22-24(17(25)16(13)18)14-6-5-11(19)7-12(14)20/h5-8,10,15,21H,3-4,9H2,1-2H3. The van der Waals surface area contributed by atoms with Gasteiger partial charge in [-0.1, -0.05) is 11.6 Å². The Morgan fingerprint density at radius 3 is 2.72 bits per heavy atom. The van der Waals surface area contributed by atoms with Crippen LogP contribution in [0.15, 0.2) is 29.2 Å². The maximum atomic E-state index is 13.9. The Kier molecular flexibility index (Phi) is 5.06. The summed E-state index contributed by atoms with van der Waals surface area (Å²) in [5, 5.41) is 7.04. The molecule has 25 heavy (non-hydrogen) atoms. The van der Waals surface area contributed by atoms with Crippen LogP contribution < -0.4 is 10.9 Å². The fourth-order valence-electron chi connectivity index (χ4n) is 2.85. The van der Waals surface area contributed by atoms with E-state index in [9.17, 15) is 13.6 Å². The van der Waals surface area contributed by atoms with Crippen molar-refractivity contribution >= 4 is 17.3 Å². The molecule has 1 saturated carbocycles. The highest BCUT2D eigenvalue weighted by Crippen LogP contribution is 2.34. The lowest BCUT2D eigenvalue weighted by Crippen LogP contribution is -2.36. The van der Waals surface area contributed by atoms with E-state index in [4.69, 9.17) is 11.6 Å². The van der Waals surface area contributed by atoms with Crippen LogP contribution in [0.2, 0.25) is 5.02 Å². The first-order valence-corrected chi connectivity index (χ1v) is 8.40. The number of benzene rings is 1. The number of hydrogen-bond donors (Lipinski definition) is 1. The molecule has 0 spiro atoms. The molecule has 8 heteroatoms. The average Bonchev–Trinajstić information content (AvgIpc) is 3.37. The van der Waals surface area contributed by atoms with Crippen molar-refractivity contribution in [3.8, 4) is 5.69 Å². The summed E-state index contributed by atoms with van der Waals surface area (Å²) in [6, 6.07) is 3.25. The summed E-state index contributed by atoms with van der Waals surface area (Å²) in [5.74, 6) is -0.968. The van der Waals surface area contributed by atoms with Gasteiger partial charge in [-0.25, -0.2) is 8.78 Å². The first-order valence-electron chi connectivity index (χ1n) is 8.02. The molecule has 5 nitrogen and oxygen atoms in total. The first-order chi connectivity index (χ1) is 11.9. The highest BCUT2D eigenvalue weighted by molar-refractivity contribution is 6.32. The molecule has 0 amide bonds. The van der Waals surface area contributed by atoms with Crippen molar-refractivity contribution in [3.05, 3.63) is 51.4 Å². The Labute approximate surface area is 149 Å². The van der Waals surface area contributed by atoms with Crippen LogP contribution in [0.25, 0.3) is 5.69 Å². The van der Waals surface area contributed by atoms with Crippen molar-refractivity contribution < 1.29 is 8.78 Å².